The standard InChI is InChI=1S/C16H19BrFN5S.HI/c1-19-16(21-9-12-4-5-14(17)24-12)22-11-6-8-23(10-11)15-13(18)3-2-7-20-15;/h2-5,7,11H,6,8-10H2,1H3,(H2,19,21,22);1H. The number of aromatic nitrogens is 1. The van der Waals surface area contributed by atoms with Crippen molar-refractivity contribution in [1.29, 1.82) is 0 Å². The van der Waals surface area contributed by atoms with Crippen molar-refractivity contribution < 1.29 is 4.39 Å². The number of pyridine rings is 1. The second kappa shape index (κ2) is 9.67. The van der Waals surface area contributed by atoms with Gasteiger partial charge in [-0.25, -0.2) is 9.37 Å². The van der Waals surface area contributed by atoms with E-state index in [0.717, 1.165) is 29.3 Å². The van der Waals surface area contributed by atoms with Crippen molar-refractivity contribution in [3.8, 4) is 0 Å². The van der Waals surface area contributed by atoms with Crippen LogP contribution in [0.25, 0.3) is 0 Å². The minimum Gasteiger partial charge on any atom is -0.352 e. The number of anilines is 1. The number of guanidine groups is 1. The Morgan fingerprint density at radius 3 is 3.00 bits per heavy atom. The van der Waals surface area contributed by atoms with Crippen LogP contribution >= 0.6 is 51.2 Å². The first kappa shape index (κ1) is 20.4. The first-order valence-electron chi connectivity index (χ1n) is 7.72. The number of rotatable bonds is 4. The number of nitrogens with one attached hydrogen (secondary N) is 2. The summed E-state index contributed by atoms with van der Waals surface area (Å²) in [7, 11) is 1.75. The Bertz CT molecular complexity index is 726. The molecule has 136 valence electrons. The zero-order valence-corrected chi connectivity index (χ0v) is 18.4. The second-order valence-electron chi connectivity index (χ2n) is 5.52. The number of nitrogens with zero attached hydrogens (tertiary/aromatic N) is 3. The summed E-state index contributed by atoms with van der Waals surface area (Å²) >= 11 is 5.16. The van der Waals surface area contributed by atoms with Gasteiger partial charge in [0.05, 0.1) is 10.3 Å². The molecule has 1 aliphatic heterocycles. The van der Waals surface area contributed by atoms with Crippen LogP contribution in [0.5, 0.6) is 0 Å². The molecule has 0 saturated carbocycles. The van der Waals surface area contributed by atoms with Crippen LogP contribution < -0.4 is 15.5 Å². The maximum atomic E-state index is 13.8. The number of aliphatic imine (C=N–C) groups is 1. The van der Waals surface area contributed by atoms with Crippen LogP contribution in [0.3, 0.4) is 0 Å². The number of halogens is 3. The third-order valence-corrected chi connectivity index (χ3v) is 5.47. The van der Waals surface area contributed by atoms with Crippen LogP contribution in [-0.4, -0.2) is 37.1 Å². The molecule has 0 bridgehead atoms. The van der Waals surface area contributed by atoms with Crippen LogP contribution in [0.15, 0.2) is 39.2 Å². The van der Waals surface area contributed by atoms with E-state index < -0.39 is 0 Å². The molecule has 1 atom stereocenters. The molecule has 1 fully saturated rings. The summed E-state index contributed by atoms with van der Waals surface area (Å²) in [6.45, 7) is 2.21. The van der Waals surface area contributed by atoms with Gasteiger partial charge in [-0.2, -0.15) is 0 Å². The monoisotopic (exact) mass is 539 g/mol. The fourth-order valence-electron chi connectivity index (χ4n) is 2.69. The molecule has 5 nitrogen and oxygen atoms in total. The number of hydrogen-bond donors (Lipinski definition) is 2. The van der Waals surface area contributed by atoms with Crippen molar-refractivity contribution in [2.24, 2.45) is 4.99 Å². The molecular formula is C16H20BrFIN5S. The van der Waals surface area contributed by atoms with Gasteiger partial charge in [0.1, 0.15) is 0 Å². The third-order valence-electron chi connectivity index (χ3n) is 3.85. The van der Waals surface area contributed by atoms with Crippen LogP contribution in [0.2, 0.25) is 0 Å². The normalized spacial score (nSPS) is 17.3. The molecule has 0 radical (unpaired) electrons. The predicted molar refractivity (Wildman–Crippen MR) is 116 cm³/mol. The zero-order chi connectivity index (χ0) is 16.9. The van der Waals surface area contributed by atoms with E-state index in [0.29, 0.717) is 12.4 Å². The summed E-state index contributed by atoms with van der Waals surface area (Å²) in [5.74, 6) is 0.907. The highest BCUT2D eigenvalue weighted by Crippen LogP contribution is 2.22. The third kappa shape index (κ3) is 5.52. The zero-order valence-electron chi connectivity index (χ0n) is 13.7. The molecular weight excluding hydrogens is 520 g/mol. The Morgan fingerprint density at radius 1 is 1.48 bits per heavy atom. The van der Waals surface area contributed by atoms with Crippen LogP contribution in [-0.2, 0) is 6.54 Å². The minimum atomic E-state index is -0.274. The topological polar surface area (TPSA) is 52.6 Å². The highest BCUT2D eigenvalue weighted by atomic mass is 127. The maximum absolute atomic E-state index is 13.8. The summed E-state index contributed by atoms with van der Waals surface area (Å²) in [6.07, 6.45) is 2.54. The van der Waals surface area contributed by atoms with Gasteiger partial charge in [-0.3, -0.25) is 4.99 Å². The molecule has 0 amide bonds. The Labute approximate surface area is 176 Å². The molecule has 2 aromatic rings. The van der Waals surface area contributed by atoms with E-state index in [1.807, 2.05) is 11.0 Å². The fraction of sp³-hybridized carbons (Fsp3) is 0.375. The lowest BCUT2D eigenvalue weighted by Gasteiger charge is -2.19. The van der Waals surface area contributed by atoms with Crippen LogP contribution in [0.4, 0.5) is 10.2 Å². The van der Waals surface area contributed by atoms with Crippen LogP contribution in [0, 0.1) is 5.82 Å². The molecule has 0 aromatic carbocycles. The Morgan fingerprint density at radius 2 is 2.32 bits per heavy atom. The molecule has 0 aliphatic carbocycles. The van der Waals surface area contributed by atoms with Crippen molar-refractivity contribution in [1.82, 2.24) is 15.6 Å². The highest BCUT2D eigenvalue weighted by molar-refractivity contribution is 14.0. The van der Waals surface area contributed by atoms with E-state index in [-0.39, 0.29) is 35.8 Å². The van der Waals surface area contributed by atoms with Gasteiger partial charge in [0.2, 0.25) is 0 Å². The maximum Gasteiger partial charge on any atom is 0.191 e. The summed E-state index contributed by atoms with van der Waals surface area (Å²) in [6, 6.07) is 7.39. The number of hydrogen-bond acceptors (Lipinski definition) is 4. The first-order chi connectivity index (χ1) is 11.7. The lowest BCUT2D eigenvalue weighted by atomic mass is 10.3. The lowest BCUT2D eigenvalue weighted by molar-refractivity contribution is 0.612. The second-order valence-corrected chi connectivity index (χ2v) is 8.06. The summed E-state index contributed by atoms with van der Waals surface area (Å²) in [5.41, 5.74) is 0. The van der Waals surface area contributed by atoms with Crippen LogP contribution in [0.1, 0.15) is 11.3 Å². The Kier molecular flexibility index (Phi) is 7.88. The van der Waals surface area contributed by atoms with Gasteiger partial charge in [-0.1, -0.05) is 0 Å². The minimum absolute atomic E-state index is 0. The molecule has 25 heavy (non-hydrogen) atoms. The van der Waals surface area contributed by atoms with Crippen molar-refractivity contribution in [3.63, 3.8) is 0 Å². The van der Waals surface area contributed by atoms with E-state index in [1.54, 1.807) is 30.6 Å². The number of thiophene rings is 1. The van der Waals surface area contributed by atoms with Gasteiger partial charge < -0.3 is 15.5 Å². The molecule has 9 heteroatoms. The van der Waals surface area contributed by atoms with Gasteiger partial charge in [0, 0.05) is 37.3 Å². The Balaban J connectivity index is 0.00000225. The molecule has 3 rings (SSSR count). The van der Waals surface area contributed by atoms with E-state index in [4.69, 9.17) is 0 Å². The predicted octanol–water partition coefficient (Wildman–Crippen LogP) is 3.61. The Hall–Kier alpha value is -0.940. The summed E-state index contributed by atoms with van der Waals surface area (Å²) in [5, 5.41) is 6.71. The quantitative estimate of drug-likeness (QED) is 0.354. The molecule has 2 N–H and O–H groups in total. The molecule has 1 saturated heterocycles. The van der Waals surface area contributed by atoms with Crippen molar-refractivity contribution in [2.75, 3.05) is 25.0 Å². The molecule has 0 spiro atoms. The molecule has 3 heterocycles. The average molecular weight is 540 g/mol. The summed E-state index contributed by atoms with van der Waals surface area (Å²) in [4.78, 5) is 11.6. The molecule has 2 aromatic heterocycles. The van der Waals surface area contributed by atoms with Gasteiger partial charge in [-0.05, 0) is 46.6 Å². The van der Waals surface area contributed by atoms with Crippen molar-refractivity contribution >= 4 is 63.0 Å². The fourth-order valence-corrected chi connectivity index (χ4v) is 4.11. The van der Waals surface area contributed by atoms with Crippen molar-refractivity contribution in [3.05, 3.63) is 44.9 Å². The largest absolute Gasteiger partial charge is 0.352 e. The van der Waals surface area contributed by atoms with Gasteiger partial charge in [0.15, 0.2) is 17.6 Å². The first-order valence-corrected chi connectivity index (χ1v) is 9.33. The summed E-state index contributed by atoms with van der Waals surface area (Å²) < 4.78 is 15.0. The molecule has 1 aliphatic rings. The SMILES string of the molecule is CN=C(NCc1ccc(Br)s1)NC1CCN(c2ncccc2F)C1.I. The van der Waals surface area contributed by atoms with Crippen molar-refractivity contribution in [2.45, 2.75) is 19.0 Å². The van der Waals surface area contributed by atoms with E-state index in [9.17, 15) is 4.39 Å². The highest BCUT2D eigenvalue weighted by Gasteiger charge is 2.25. The molecule has 1 unspecified atom stereocenters. The lowest BCUT2D eigenvalue weighted by Crippen LogP contribution is -2.44. The average Bonchev–Trinajstić information content (AvgIpc) is 3.21. The van der Waals surface area contributed by atoms with E-state index >= 15 is 0 Å². The van der Waals surface area contributed by atoms with E-state index in [2.05, 4.69) is 42.6 Å². The van der Waals surface area contributed by atoms with Gasteiger partial charge >= 0.3 is 0 Å². The van der Waals surface area contributed by atoms with Gasteiger partial charge in [0.25, 0.3) is 0 Å². The van der Waals surface area contributed by atoms with E-state index in [1.165, 1.54) is 10.9 Å². The smallest absolute Gasteiger partial charge is 0.191 e. The van der Waals surface area contributed by atoms with Gasteiger partial charge in [-0.15, -0.1) is 35.3 Å².